The van der Waals surface area contributed by atoms with Crippen molar-refractivity contribution in [2.24, 2.45) is 0 Å². The van der Waals surface area contributed by atoms with Crippen molar-refractivity contribution in [1.82, 2.24) is 9.78 Å². The summed E-state index contributed by atoms with van der Waals surface area (Å²) in [5, 5.41) is 3.13. The Morgan fingerprint density at radius 1 is 1.33 bits per heavy atom. The van der Waals surface area contributed by atoms with Gasteiger partial charge in [-0.15, -0.1) is 0 Å². The minimum absolute atomic E-state index is 0.192. The first-order valence-electron chi connectivity index (χ1n) is 6.00. The fourth-order valence-corrected chi connectivity index (χ4v) is 2.42. The number of aromatic nitrogens is 2. The lowest BCUT2D eigenvalue weighted by molar-refractivity contribution is 0.323. The van der Waals surface area contributed by atoms with Crippen LogP contribution in [0.1, 0.15) is 63.5 Å². The fourth-order valence-electron chi connectivity index (χ4n) is 2.42. The Kier molecular flexibility index (Phi) is 2.98. The second-order valence-electron chi connectivity index (χ2n) is 4.85. The first-order valence-corrected chi connectivity index (χ1v) is 6.00. The molecule has 0 saturated heterocycles. The summed E-state index contributed by atoms with van der Waals surface area (Å²) in [4.78, 5) is 12.0. The number of hydrogen-bond acceptors (Lipinski definition) is 1. The van der Waals surface area contributed by atoms with Gasteiger partial charge in [-0.25, -0.2) is 4.68 Å². The van der Waals surface area contributed by atoms with E-state index in [0.717, 1.165) is 18.4 Å². The summed E-state index contributed by atoms with van der Waals surface area (Å²) in [6, 6.07) is 0.416. The van der Waals surface area contributed by atoms with Crippen LogP contribution in [-0.4, -0.2) is 9.78 Å². The number of nitrogens with one attached hydrogen (secondary N) is 1. The maximum Gasteiger partial charge on any atom is 0.270 e. The minimum Gasteiger partial charge on any atom is -0.302 e. The van der Waals surface area contributed by atoms with Gasteiger partial charge in [0.1, 0.15) is 0 Å². The van der Waals surface area contributed by atoms with Gasteiger partial charge in [0.15, 0.2) is 0 Å². The number of H-pyrrole nitrogens is 1. The quantitative estimate of drug-likeness (QED) is 0.797. The van der Waals surface area contributed by atoms with E-state index in [9.17, 15) is 4.79 Å². The molecule has 3 heteroatoms. The van der Waals surface area contributed by atoms with Gasteiger partial charge < -0.3 is 5.10 Å². The minimum atomic E-state index is 0.192. The van der Waals surface area contributed by atoms with E-state index in [1.165, 1.54) is 19.3 Å². The standard InChI is InChI=1S/C12H20N2O/c1-9(2)11-8-13-14(12(11)15)10-6-4-3-5-7-10/h8-10,13H,3-7H2,1-2H3. The van der Waals surface area contributed by atoms with Gasteiger partial charge in [-0.3, -0.25) is 4.79 Å². The molecule has 2 rings (SSSR count). The molecule has 3 nitrogen and oxygen atoms in total. The van der Waals surface area contributed by atoms with Crippen LogP contribution in [0.2, 0.25) is 0 Å². The van der Waals surface area contributed by atoms with Crippen LogP contribution in [0.15, 0.2) is 11.0 Å². The van der Waals surface area contributed by atoms with E-state index in [1.807, 2.05) is 10.9 Å². The van der Waals surface area contributed by atoms with Crippen LogP contribution in [0.5, 0.6) is 0 Å². The number of nitrogens with zero attached hydrogens (tertiary/aromatic N) is 1. The number of rotatable bonds is 2. The summed E-state index contributed by atoms with van der Waals surface area (Å²) in [5.74, 6) is 0.318. The predicted octanol–water partition coefficient (Wildman–Crippen LogP) is 2.81. The molecule has 1 aliphatic carbocycles. The van der Waals surface area contributed by atoms with Crippen LogP contribution >= 0.6 is 0 Å². The Labute approximate surface area is 90.5 Å². The highest BCUT2D eigenvalue weighted by atomic mass is 16.1. The Hall–Kier alpha value is -0.990. The summed E-state index contributed by atoms with van der Waals surface area (Å²) >= 11 is 0. The lowest BCUT2D eigenvalue weighted by atomic mass is 9.95. The van der Waals surface area contributed by atoms with Crippen LogP contribution in [0.25, 0.3) is 0 Å². The van der Waals surface area contributed by atoms with Gasteiger partial charge in [0.25, 0.3) is 5.56 Å². The largest absolute Gasteiger partial charge is 0.302 e. The molecule has 1 saturated carbocycles. The molecule has 0 radical (unpaired) electrons. The van der Waals surface area contributed by atoms with Crippen LogP contribution in [0.4, 0.5) is 0 Å². The Balaban J connectivity index is 2.24. The number of aromatic amines is 1. The van der Waals surface area contributed by atoms with E-state index in [4.69, 9.17) is 0 Å². The van der Waals surface area contributed by atoms with Gasteiger partial charge in [0, 0.05) is 11.8 Å². The molecule has 0 aliphatic heterocycles. The Morgan fingerprint density at radius 2 is 2.00 bits per heavy atom. The third kappa shape index (κ3) is 2.01. The summed E-state index contributed by atoms with van der Waals surface area (Å²) in [7, 11) is 0. The summed E-state index contributed by atoms with van der Waals surface area (Å²) in [6.45, 7) is 4.13. The zero-order valence-corrected chi connectivity index (χ0v) is 9.62. The molecule has 0 aromatic carbocycles. The Bertz CT molecular complexity index is 369. The maximum absolute atomic E-state index is 12.0. The molecule has 84 valence electrons. The fraction of sp³-hybridized carbons (Fsp3) is 0.750. The SMILES string of the molecule is CC(C)c1c[nH]n(C2CCCCC2)c1=O. The van der Waals surface area contributed by atoms with Crippen LogP contribution < -0.4 is 5.56 Å². The zero-order valence-electron chi connectivity index (χ0n) is 9.62. The van der Waals surface area contributed by atoms with Gasteiger partial charge in [-0.1, -0.05) is 33.1 Å². The van der Waals surface area contributed by atoms with Gasteiger partial charge in [0.05, 0.1) is 6.04 Å². The third-order valence-electron chi connectivity index (χ3n) is 3.39. The normalized spacial score (nSPS) is 18.6. The van der Waals surface area contributed by atoms with E-state index in [1.54, 1.807) is 0 Å². The van der Waals surface area contributed by atoms with Crippen molar-refractivity contribution < 1.29 is 0 Å². The lowest BCUT2D eigenvalue weighted by Crippen LogP contribution is -2.26. The average molecular weight is 208 g/mol. The van der Waals surface area contributed by atoms with Crippen molar-refractivity contribution in [3.8, 4) is 0 Å². The molecule has 1 N–H and O–H groups in total. The van der Waals surface area contributed by atoms with E-state index in [-0.39, 0.29) is 5.56 Å². The molecule has 15 heavy (non-hydrogen) atoms. The van der Waals surface area contributed by atoms with E-state index >= 15 is 0 Å². The first kappa shape index (κ1) is 10.5. The molecule has 1 aromatic heterocycles. The van der Waals surface area contributed by atoms with E-state index in [0.29, 0.717) is 12.0 Å². The lowest BCUT2D eigenvalue weighted by Gasteiger charge is -2.21. The molecule has 1 heterocycles. The average Bonchev–Trinajstić information content (AvgIpc) is 2.61. The second kappa shape index (κ2) is 4.25. The summed E-state index contributed by atoms with van der Waals surface area (Å²) in [6.07, 6.45) is 8.01. The molecule has 1 aromatic rings. The molecular formula is C12H20N2O. The van der Waals surface area contributed by atoms with Gasteiger partial charge in [0.2, 0.25) is 0 Å². The smallest absolute Gasteiger partial charge is 0.270 e. The zero-order chi connectivity index (χ0) is 10.8. The number of hydrogen-bond donors (Lipinski definition) is 1. The summed E-state index contributed by atoms with van der Waals surface area (Å²) in [5.41, 5.74) is 1.11. The van der Waals surface area contributed by atoms with Crippen LogP contribution in [-0.2, 0) is 0 Å². The first-order chi connectivity index (χ1) is 7.20. The van der Waals surface area contributed by atoms with Gasteiger partial charge >= 0.3 is 0 Å². The highest BCUT2D eigenvalue weighted by Gasteiger charge is 2.19. The molecular weight excluding hydrogens is 188 g/mol. The predicted molar refractivity (Wildman–Crippen MR) is 61.3 cm³/mol. The molecule has 1 aliphatic rings. The van der Waals surface area contributed by atoms with Crippen molar-refractivity contribution in [1.29, 1.82) is 0 Å². The topological polar surface area (TPSA) is 37.8 Å². The molecule has 0 amide bonds. The molecule has 0 unspecified atom stereocenters. The third-order valence-corrected chi connectivity index (χ3v) is 3.39. The van der Waals surface area contributed by atoms with Crippen molar-refractivity contribution in [2.75, 3.05) is 0 Å². The second-order valence-corrected chi connectivity index (χ2v) is 4.85. The van der Waals surface area contributed by atoms with Crippen molar-refractivity contribution in [2.45, 2.75) is 57.9 Å². The molecule has 1 fully saturated rings. The van der Waals surface area contributed by atoms with Gasteiger partial charge in [-0.2, -0.15) is 0 Å². The van der Waals surface area contributed by atoms with Crippen LogP contribution in [0.3, 0.4) is 0 Å². The Morgan fingerprint density at radius 3 is 2.53 bits per heavy atom. The highest BCUT2D eigenvalue weighted by Crippen LogP contribution is 2.26. The molecule has 0 spiro atoms. The monoisotopic (exact) mass is 208 g/mol. The molecule has 0 atom stereocenters. The van der Waals surface area contributed by atoms with E-state index in [2.05, 4.69) is 18.9 Å². The molecule has 0 bridgehead atoms. The summed E-state index contributed by atoms with van der Waals surface area (Å²) < 4.78 is 1.84. The van der Waals surface area contributed by atoms with Gasteiger partial charge in [-0.05, 0) is 18.8 Å². The van der Waals surface area contributed by atoms with Crippen molar-refractivity contribution in [3.63, 3.8) is 0 Å². The van der Waals surface area contributed by atoms with Crippen LogP contribution in [0, 0.1) is 0 Å². The van der Waals surface area contributed by atoms with E-state index < -0.39 is 0 Å². The van der Waals surface area contributed by atoms with Crippen molar-refractivity contribution in [3.05, 3.63) is 22.1 Å². The highest BCUT2D eigenvalue weighted by molar-refractivity contribution is 5.10. The van der Waals surface area contributed by atoms with Crippen molar-refractivity contribution >= 4 is 0 Å². The maximum atomic E-state index is 12.0.